The van der Waals surface area contributed by atoms with Gasteiger partial charge in [-0.15, -0.1) is 12.6 Å². The zero-order valence-corrected chi connectivity index (χ0v) is 19.1. The van der Waals surface area contributed by atoms with Gasteiger partial charge in [0.2, 0.25) is 0 Å². The van der Waals surface area contributed by atoms with Crippen LogP contribution in [0.1, 0.15) is 24.1 Å². The van der Waals surface area contributed by atoms with Gasteiger partial charge in [0, 0.05) is 37.6 Å². The number of thiol groups is 1. The molecule has 1 amide bonds. The van der Waals surface area contributed by atoms with Crippen molar-refractivity contribution in [2.45, 2.75) is 30.3 Å². The van der Waals surface area contributed by atoms with Crippen LogP contribution in [0, 0.1) is 0 Å². The Balaban J connectivity index is 1.39. The van der Waals surface area contributed by atoms with Crippen LogP contribution in [0.15, 0.2) is 58.6 Å². The number of primary amides is 1. The molecule has 1 aliphatic heterocycles. The summed E-state index contributed by atoms with van der Waals surface area (Å²) < 4.78 is 22.6. The van der Waals surface area contributed by atoms with Crippen LogP contribution in [0.5, 0.6) is 0 Å². The molecule has 1 aliphatic rings. The maximum absolute atomic E-state index is 11.3. The molecule has 1 unspecified atom stereocenters. The Labute approximate surface area is 194 Å². The third kappa shape index (κ3) is 5.39. The number of anilines is 1. The first kappa shape index (κ1) is 22.5. The Morgan fingerprint density at radius 1 is 1.31 bits per heavy atom. The summed E-state index contributed by atoms with van der Waals surface area (Å²) in [4.78, 5) is 18.7. The Bertz CT molecular complexity index is 1190. The van der Waals surface area contributed by atoms with Crippen molar-refractivity contribution >= 4 is 47.0 Å². The van der Waals surface area contributed by atoms with E-state index in [9.17, 15) is 13.6 Å². The van der Waals surface area contributed by atoms with E-state index in [-0.39, 0.29) is 4.91 Å². The van der Waals surface area contributed by atoms with Crippen LogP contribution in [0.3, 0.4) is 0 Å². The van der Waals surface area contributed by atoms with E-state index in [0.717, 1.165) is 55.1 Å². The molecular formula is C22H25N5O3S2. The van der Waals surface area contributed by atoms with Crippen LogP contribution in [0.25, 0.3) is 11.7 Å². The molecule has 4 N–H and O–H groups in total. The number of nitrogens with zero attached hydrogens (tertiary/aromatic N) is 3. The normalized spacial score (nSPS) is 16.9. The maximum Gasteiger partial charge on any atom is 0.254 e. The van der Waals surface area contributed by atoms with Gasteiger partial charge in [0.25, 0.3) is 5.91 Å². The number of carbonyl (C=O) groups is 1. The summed E-state index contributed by atoms with van der Waals surface area (Å²) in [7, 11) is 0. The minimum absolute atomic E-state index is 0.205. The molecule has 0 bridgehead atoms. The lowest BCUT2D eigenvalue weighted by Crippen LogP contribution is -2.38. The second kappa shape index (κ2) is 9.86. The first-order valence-corrected chi connectivity index (χ1v) is 11.8. The van der Waals surface area contributed by atoms with Crippen LogP contribution in [0.4, 0.5) is 5.69 Å². The number of nitrogens with two attached hydrogens (primary N) is 1. The van der Waals surface area contributed by atoms with Crippen molar-refractivity contribution in [1.29, 1.82) is 0 Å². The minimum atomic E-state index is -1.98. The zero-order valence-electron chi connectivity index (χ0n) is 17.3. The van der Waals surface area contributed by atoms with E-state index in [0.29, 0.717) is 10.9 Å². The molecule has 4 rings (SSSR count). The number of likely N-dealkylation sites (tertiary alicyclic amines) is 1. The smallest absolute Gasteiger partial charge is 0.254 e. The summed E-state index contributed by atoms with van der Waals surface area (Å²) in [6.45, 7) is 2.63. The fraction of sp³-hybridized carbons (Fsp3) is 0.273. The van der Waals surface area contributed by atoms with Crippen LogP contribution >= 0.6 is 12.6 Å². The molecule has 1 aromatic carbocycles. The third-order valence-corrected chi connectivity index (χ3v) is 6.55. The number of amides is 1. The van der Waals surface area contributed by atoms with Gasteiger partial charge in [0.1, 0.15) is 5.65 Å². The number of nitrogens with one attached hydrogen (secondary N) is 1. The Kier molecular flexibility index (Phi) is 6.95. The molecule has 0 spiro atoms. The number of piperidine rings is 1. The number of pyridine rings is 1. The van der Waals surface area contributed by atoms with E-state index < -0.39 is 17.0 Å². The lowest BCUT2D eigenvalue weighted by molar-refractivity contribution is -0.113. The standard InChI is InChI=1S/C22H25N5O3S2/c23-22(28)20(31)10-15-4-5-21-24-12-18(27(21)13-15)14-26-8-6-16(7-9-26)25-17-2-1-3-19(11-17)32(29)30/h1-5,10-13,16,25,31H,6-9,14H2,(H2,23,28)(H,29,30)/b20-10-. The zero-order chi connectivity index (χ0) is 22.7. The summed E-state index contributed by atoms with van der Waals surface area (Å²) in [5, 5.41) is 3.48. The van der Waals surface area contributed by atoms with E-state index in [1.807, 2.05) is 35.0 Å². The van der Waals surface area contributed by atoms with E-state index in [1.165, 1.54) is 0 Å². The van der Waals surface area contributed by atoms with E-state index in [2.05, 4.69) is 27.8 Å². The van der Waals surface area contributed by atoms with Gasteiger partial charge in [0.05, 0.1) is 21.7 Å². The highest BCUT2D eigenvalue weighted by atomic mass is 32.2. The topological polar surface area (TPSA) is 113 Å². The van der Waals surface area contributed by atoms with Crippen molar-refractivity contribution in [1.82, 2.24) is 14.3 Å². The lowest BCUT2D eigenvalue weighted by Gasteiger charge is -2.32. The second-order valence-corrected chi connectivity index (χ2v) is 9.26. The highest BCUT2D eigenvalue weighted by Crippen LogP contribution is 2.21. The molecule has 10 heteroatoms. The largest absolute Gasteiger partial charge is 0.382 e. The van der Waals surface area contributed by atoms with Crippen LogP contribution < -0.4 is 11.1 Å². The van der Waals surface area contributed by atoms with Crippen molar-refractivity contribution in [3.05, 3.63) is 65.0 Å². The van der Waals surface area contributed by atoms with Gasteiger partial charge >= 0.3 is 0 Å². The van der Waals surface area contributed by atoms with Crippen molar-refractivity contribution in [2.24, 2.45) is 5.73 Å². The van der Waals surface area contributed by atoms with Gasteiger partial charge in [-0.1, -0.05) is 6.07 Å². The number of hydrogen-bond acceptors (Lipinski definition) is 6. The van der Waals surface area contributed by atoms with Crippen molar-refractivity contribution in [2.75, 3.05) is 18.4 Å². The molecule has 0 aliphatic carbocycles. The van der Waals surface area contributed by atoms with Crippen LogP contribution in [-0.4, -0.2) is 48.1 Å². The van der Waals surface area contributed by atoms with Crippen molar-refractivity contribution in [3.63, 3.8) is 0 Å². The average Bonchev–Trinajstić information content (AvgIpc) is 3.17. The predicted octanol–water partition coefficient (Wildman–Crippen LogP) is 2.75. The fourth-order valence-corrected chi connectivity index (χ4v) is 4.45. The molecule has 168 valence electrons. The first-order chi connectivity index (χ1) is 15.4. The molecular weight excluding hydrogens is 446 g/mol. The van der Waals surface area contributed by atoms with Gasteiger partial charge < -0.3 is 20.0 Å². The molecule has 3 aromatic rings. The number of imidazole rings is 1. The van der Waals surface area contributed by atoms with Gasteiger partial charge in [-0.3, -0.25) is 9.69 Å². The molecule has 1 saturated heterocycles. The molecule has 1 atom stereocenters. The second-order valence-electron chi connectivity index (χ2n) is 7.81. The van der Waals surface area contributed by atoms with E-state index >= 15 is 0 Å². The lowest BCUT2D eigenvalue weighted by atomic mass is 10.0. The number of carbonyl (C=O) groups excluding carboxylic acids is 1. The minimum Gasteiger partial charge on any atom is -0.382 e. The number of rotatable bonds is 7. The molecule has 2 aromatic heterocycles. The number of fused-ring (bicyclic) bond motifs is 1. The Morgan fingerprint density at radius 2 is 2.09 bits per heavy atom. The Morgan fingerprint density at radius 3 is 2.81 bits per heavy atom. The average molecular weight is 472 g/mol. The van der Waals surface area contributed by atoms with E-state index in [1.54, 1.807) is 24.3 Å². The number of aromatic nitrogens is 2. The van der Waals surface area contributed by atoms with Gasteiger partial charge in [-0.2, -0.15) is 0 Å². The number of benzene rings is 1. The van der Waals surface area contributed by atoms with Crippen LogP contribution in [0.2, 0.25) is 0 Å². The summed E-state index contributed by atoms with van der Waals surface area (Å²) in [5.41, 5.74) is 8.88. The van der Waals surface area contributed by atoms with Gasteiger partial charge in [0.15, 0.2) is 11.1 Å². The molecule has 0 saturated carbocycles. The maximum atomic E-state index is 11.3. The monoisotopic (exact) mass is 471 g/mol. The summed E-state index contributed by atoms with van der Waals surface area (Å²) >= 11 is 2.15. The van der Waals surface area contributed by atoms with E-state index in [4.69, 9.17) is 5.73 Å². The summed E-state index contributed by atoms with van der Waals surface area (Å²) in [5.74, 6) is -0.563. The van der Waals surface area contributed by atoms with Gasteiger partial charge in [-0.05, 0) is 54.8 Å². The fourth-order valence-electron chi connectivity index (χ4n) is 3.87. The molecule has 32 heavy (non-hydrogen) atoms. The Hall–Kier alpha value is -2.66. The van der Waals surface area contributed by atoms with Gasteiger partial charge in [-0.25, -0.2) is 9.19 Å². The highest BCUT2D eigenvalue weighted by Gasteiger charge is 2.20. The summed E-state index contributed by atoms with van der Waals surface area (Å²) in [6.07, 6.45) is 7.40. The van der Waals surface area contributed by atoms with Crippen LogP contribution in [-0.2, 0) is 22.4 Å². The predicted molar refractivity (Wildman–Crippen MR) is 129 cm³/mol. The molecule has 0 radical (unpaired) electrons. The number of hydrogen-bond donors (Lipinski definition) is 4. The third-order valence-electron chi connectivity index (χ3n) is 5.54. The van der Waals surface area contributed by atoms with Crippen molar-refractivity contribution < 1.29 is 13.6 Å². The highest BCUT2D eigenvalue weighted by molar-refractivity contribution is 7.85. The quantitative estimate of drug-likeness (QED) is 0.239. The molecule has 8 nitrogen and oxygen atoms in total. The summed E-state index contributed by atoms with van der Waals surface area (Å²) in [6, 6.07) is 11.2. The SMILES string of the molecule is NC(=O)/C(S)=C/c1ccc2ncc(CN3CCC(Nc4cccc(S(=O)O)c4)CC3)n2c1. The van der Waals surface area contributed by atoms with Crippen molar-refractivity contribution in [3.8, 4) is 0 Å². The molecule has 1 fully saturated rings. The first-order valence-electron chi connectivity index (χ1n) is 10.3. The molecule has 3 heterocycles.